The Labute approximate surface area is 124 Å². The first-order valence-corrected chi connectivity index (χ1v) is 6.81. The average molecular weight is 273 g/mol. The molecular weight excluding hydrogens is 258 g/mol. The fourth-order valence-electron chi connectivity index (χ4n) is 2.01. The van der Waals surface area contributed by atoms with Gasteiger partial charge in [0.05, 0.1) is 29.0 Å². The highest BCUT2D eigenvalue weighted by Crippen LogP contribution is 2.15. The number of aryl methyl sites for hydroxylation is 1. The van der Waals surface area contributed by atoms with Gasteiger partial charge < -0.3 is 0 Å². The van der Waals surface area contributed by atoms with Crippen molar-refractivity contribution in [3.05, 3.63) is 78.1 Å². The Morgan fingerprint density at radius 1 is 0.762 bits per heavy atom. The van der Waals surface area contributed by atoms with Gasteiger partial charge in [0.15, 0.2) is 0 Å². The van der Waals surface area contributed by atoms with E-state index in [-0.39, 0.29) is 0 Å². The monoisotopic (exact) mass is 273 g/mol. The summed E-state index contributed by atoms with van der Waals surface area (Å²) in [6.07, 6.45) is 1.77. The van der Waals surface area contributed by atoms with E-state index in [0.717, 1.165) is 28.5 Å². The molecule has 0 aliphatic heterocycles. The third kappa shape index (κ3) is 3.39. The molecule has 3 rings (SSSR count). The Kier molecular flexibility index (Phi) is 3.83. The molecule has 0 spiro atoms. The smallest absolute Gasteiger partial charge is 0.0894 e. The molecule has 2 heterocycles. The van der Waals surface area contributed by atoms with Crippen molar-refractivity contribution in [2.24, 2.45) is 4.99 Å². The molecule has 0 fully saturated rings. The van der Waals surface area contributed by atoms with Gasteiger partial charge in [0.2, 0.25) is 0 Å². The Balaban J connectivity index is 1.88. The molecule has 0 bridgehead atoms. The van der Waals surface area contributed by atoms with E-state index in [1.54, 1.807) is 6.21 Å². The summed E-state index contributed by atoms with van der Waals surface area (Å²) in [5, 5.41) is 0. The SMILES string of the molecule is Cc1cccc(-c2cccc(C=Nc3ccccc3)n2)n1. The van der Waals surface area contributed by atoms with Crippen LogP contribution in [0, 0.1) is 6.92 Å². The number of hydrogen-bond donors (Lipinski definition) is 0. The molecule has 3 heteroatoms. The van der Waals surface area contributed by atoms with E-state index < -0.39 is 0 Å². The normalized spacial score (nSPS) is 10.9. The van der Waals surface area contributed by atoms with Crippen molar-refractivity contribution in [1.82, 2.24) is 9.97 Å². The van der Waals surface area contributed by atoms with E-state index in [4.69, 9.17) is 0 Å². The predicted octanol–water partition coefficient (Wildman–Crippen LogP) is 4.20. The van der Waals surface area contributed by atoms with Gasteiger partial charge in [0.25, 0.3) is 0 Å². The average Bonchev–Trinajstić information content (AvgIpc) is 2.54. The van der Waals surface area contributed by atoms with Crippen molar-refractivity contribution >= 4 is 11.9 Å². The summed E-state index contributed by atoms with van der Waals surface area (Å²) in [6.45, 7) is 1.98. The number of hydrogen-bond acceptors (Lipinski definition) is 3. The summed E-state index contributed by atoms with van der Waals surface area (Å²) < 4.78 is 0. The fourth-order valence-corrected chi connectivity index (χ4v) is 2.01. The largest absolute Gasteiger partial charge is 0.255 e. The molecule has 0 saturated carbocycles. The number of para-hydroxylation sites is 1. The lowest BCUT2D eigenvalue weighted by atomic mass is 10.2. The number of pyridine rings is 2. The summed E-state index contributed by atoms with van der Waals surface area (Å²) in [5.41, 5.74) is 4.45. The maximum absolute atomic E-state index is 4.59. The van der Waals surface area contributed by atoms with Gasteiger partial charge in [-0.2, -0.15) is 0 Å². The molecule has 0 aliphatic carbocycles. The predicted molar refractivity (Wildman–Crippen MR) is 85.9 cm³/mol. The van der Waals surface area contributed by atoms with Crippen LogP contribution in [0.2, 0.25) is 0 Å². The van der Waals surface area contributed by atoms with Gasteiger partial charge in [-0.3, -0.25) is 9.98 Å². The lowest BCUT2D eigenvalue weighted by Crippen LogP contribution is -1.93. The van der Waals surface area contributed by atoms with Gasteiger partial charge in [-0.25, -0.2) is 4.98 Å². The highest BCUT2D eigenvalue weighted by Gasteiger charge is 2.01. The maximum Gasteiger partial charge on any atom is 0.0894 e. The van der Waals surface area contributed by atoms with Crippen LogP contribution in [0.5, 0.6) is 0 Å². The molecule has 0 radical (unpaired) electrons. The number of nitrogens with zero attached hydrogens (tertiary/aromatic N) is 3. The highest BCUT2D eigenvalue weighted by molar-refractivity contribution is 5.80. The Hall–Kier alpha value is -2.81. The quantitative estimate of drug-likeness (QED) is 0.671. The molecule has 102 valence electrons. The minimum absolute atomic E-state index is 0.819. The lowest BCUT2D eigenvalue weighted by Gasteiger charge is -2.02. The summed E-state index contributed by atoms with van der Waals surface area (Å²) in [5.74, 6) is 0. The van der Waals surface area contributed by atoms with Crippen molar-refractivity contribution in [2.45, 2.75) is 6.92 Å². The summed E-state index contributed by atoms with van der Waals surface area (Å²) in [6, 6.07) is 21.6. The minimum atomic E-state index is 0.819. The first-order chi connectivity index (χ1) is 10.3. The van der Waals surface area contributed by atoms with Crippen LogP contribution < -0.4 is 0 Å². The summed E-state index contributed by atoms with van der Waals surface area (Å²) in [4.78, 5) is 13.5. The number of rotatable bonds is 3. The standard InChI is InChI=1S/C18H15N3/c1-14-7-5-11-17(20-14)18-12-6-10-16(21-18)13-19-15-8-3-2-4-9-15/h2-13H,1H3. The first-order valence-electron chi connectivity index (χ1n) is 6.81. The van der Waals surface area contributed by atoms with Crippen molar-refractivity contribution in [3.63, 3.8) is 0 Å². The van der Waals surface area contributed by atoms with E-state index in [1.165, 1.54) is 0 Å². The highest BCUT2D eigenvalue weighted by atomic mass is 14.8. The van der Waals surface area contributed by atoms with E-state index in [2.05, 4.69) is 15.0 Å². The Morgan fingerprint density at radius 2 is 1.48 bits per heavy atom. The molecule has 0 aliphatic rings. The first kappa shape index (κ1) is 13.2. The lowest BCUT2D eigenvalue weighted by molar-refractivity contribution is 1.17. The zero-order valence-corrected chi connectivity index (χ0v) is 11.8. The van der Waals surface area contributed by atoms with Crippen LogP contribution in [0.3, 0.4) is 0 Å². The van der Waals surface area contributed by atoms with Gasteiger partial charge in [0, 0.05) is 5.69 Å². The Morgan fingerprint density at radius 3 is 2.24 bits per heavy atom. The number of aromatic nitrogens is 2. The van der Waals surface area contributed by atoms with Crippen molar-refractivity contribution < 1.29 is 0 Å². The van der Waals surface area contributed by atoms with Gasteiger partial charge in [-0.1, -0.05) is 30.3 Å². The minimum Gasteiger partial charge on any atom is -0.255 e. The zero-order valence-electron chi connectivity index (χ0n) is 11.8. The van der Waals surface area contributed by atoms with E-state index in [0.29, 0.717) is 0 Å². The van der Waals surface area contributed by atoms with E-state index in [9.17, 15) is 0 Å². The maximum atomic E-state index is 4.59. The van der Waals surface area contributed by atoms with Crippen LogP contribution in [0.1, 0.15) is 11.4 Å². The molecule has 0 N–H and O–H groups in total. The third-order valence-electron chi connectivity index (χ3n) is 3.02. The molecular formula is C18H15N3. The molecule has 3 nitrogen and oxygen atoms in total. The zero-order chi connectivity index (χ0) is 14.5. The molecule has 21 heavy (non-hydrogen) atoms. The third-order valence-corrected chi connectivity index (χ3v) is 3.02. The van der Waals surface area contributed by atoms with Crippen molar-refractivity contribution in [1.29, 1.82) is 0 Å². The second-order valence-electron chi connectivity index (χ2n) is 4.71. The molecule has 0 amide bonds. The Bertz CT molecular complexity index is 764. The van der Waals surface area contributed by atoms with Crippen LogP contribution in [-0.2, 0) is 0 Å². The van der Waals surface area contributed by atoms with Gasteiger partial charge in [-0.15, -0.1) is 0 Å². The van der Waals surface area contributed by atoms with Crippen molar-refractivity contribution in [3.8, 4) is 11.4 Å². The summed E-state index contributed by atoms with van der Waals surface area (Å²) in [7, 11) is 0. The van der Waals surface area contributed by atoms with Crippen LogP contribution >= 0.6 is 0 Å². The summed E-state index contributed by atoms with van der Waals surface area (Å²) >= 11 is 0. The van der Waals surface area contributed by atoms with Crippen LogP contribution in [0.25, 0.3) is 11.4 Å². The second-order valence-corrected chi connectivity index (χ2v) is 4.71. The van der Waals surface area contributed by atoms with Gasteiger partial charge in [-0.05, 0) is 43.3 Å². The van der Waals surface area contributed by atoms with Gasteiger partial charge in [0.1, 0.15) is 0 Å². The number of aliphatic imine (C=N–C) groups is 1. The molecule has 1 aromatic carbocycles. The molecule has 0 atom stereocenters. The second kappa shape index (κ2) is 6.09. The molecule has 0 saturated heterocycles. The van der Waals surface area contributed by atoms with Crippen LogP contribution in [0.15, 0.2) is 71.7 Å². The van der Waals surface area contributed by atoms with Crippen LogP contribution in [0.4, 0.5) is 5.69 Å². The molecule has 2 aromatic heterocycles. The fraction of sp³-hybridized carbons (Fsp3) is 0.0556. The van der Waals surface area contributed by atoms with E-state index >= 15 is 0 Å². The topological polar surface area (TPSA) is 38.1 Å². The van der Waals surface area contributed by atoms with Crippen LogP contribution in [-0.4, -0.2) is 16.2 Å². The number of benzene rings is 1. The van der Waals surface area contributed by atoms with E-state index in [1.807, 2.05) is 73.7 Å². The molecule has 0 unspecified atom stereocenters. The molecule has 3 aromatic rings. The van der Waals surface area contributed by atoms with Gasteiger partial charge >= 0.3 is 0 Å². The van der Waals surface area contributed by atoms with Crippen molar-refractivity contribution in [2.75, 3.05) is 0 Å².